The zero-order valence-corrected chi connectivity index (χ0v) is 15.3. The van der Waals surface area contributed by atoms with E-state index in [1.54, 1.807) is 0 Å². The van der Waals surface area contributed by atoms with Crippen LogP contribution in [0.1, 0.15) is 31.9 Å². The Balaban J connectivity index is 2.67. The fourth-order valence-corrected chi connectivity index (χ4v) is 2.82. The Labute approximate surface area is 145 Å². The minimum Gasteiger partial charge on any atom is -0.388 e. The van der Waals surface area contributed by atoms with Gasteiger partial charge in [0.2, 0.25) is 0 Å². The molecule has 0 spiro atoms. The van der Waals surface area contributed by atoms with Gasteiger partial charge in [-0.2, -0.15) is 4.40 Å². The number of rotatable bonds is 4. The van der Waals surface area contributed by atoms with Crippen LogP contribution in [0, 0.1) is 0 Å². The summed E-state index contributed by atoms with van der Waals surface area (Å²) in [6.07, 6.45) is 0. The monoisotopic (exact) mass is 348 g/mol. The molecule has 122 valence electrons. The van der Waals surface area contributed by atoms with E-state index in [4.69, 9.17) is 11.6 Å². The summed E-state index contributed by atoms with van der Waals surface area (Å²) in [4.78, 5) is 0. The Morgan fingerprint density at radius 1 is 1.13 bits per heavy atom. The Morgan fingerprint density at radius 2 is 1.78 bits per heavy atom. The lowest BCUT2D eigenvalue weighted by atomic mass is 10.0. The highest BCUT2D eigenvalue weighted by molar-refractivity contribution is 7.85. The molecule has 0 aliphatic carbocycles. The first kappa shape index (κ1) is 17.7. The van der Waals surface area contributed by atoms with E-state index in [1.807, 2.05) is 76.3 Å². The summed E-state index contributed by atoms with van der Waals surface area (Å²) in [5.41, 5.74) is 3.31. The third-order valence-corrected chi connectivity index (χ3v) is 4.88. The van der Waals surface area contributed by atoms with Gasteiger partial charge in [0.15, 0.2) is 0 Å². The first-order chi connectivity index (χ1) is 10.8. The van der Waals surface area contributed by atoms with Crippen LogP contribution in [-0.4, -0.2) is 21.7 Å². The average Bonchev–Trinajstić information content (AvgIpc) is 2.52. The van der Waals surface area contributed by atoms with E-state index in [-0.39, 0.29) is 0 Å². The fourth-order valence-electron chi connectivity index (χ4n) is 2.00. The number of benzene rings is 2. The van der Waals surface area contributed by atoms with Crippen LogP contribution in [0.2, 0.25) is 5.02 Å². The second-order valence-corrected chi connectivity index (χ2v) is 8.45. The van der Waals surface area contributed by atoms with Gasteiger partial charge in [-0.05, 0) is 39.0 Å². The van der Waals surface area contributed by atoms with E-state index in [1.165, 1.54) is 0 Å². The van der Waals surface area contributed by atoms with Gasteiger partial charge in [0.1, 0.15) is 11.0 Å². The van der Waals surface area contributed by atoms with Crippen molar-refractivity contribution in [1.29, 1.82) is 0 Å². The summed E-state index contributed by atoms with van der Waals surface area (Å²) in [5, 5.41) is 3.76. The summed E-state index contributed by atoms with van der Waals surface area (Å²) >= 11 is 6.17. The SMILES string of the molecule is CNc1ccc(Cl)cc1/C(=N/[S@](=O)C(C)(C)C)c1ccccc1. The van der Waals surface area contributed by atoms with Gasteiger partial charge >= 0.3 is 0 Å². The molecule has 1 N–H and O–H groups in total. The van der Waals surface area contributed by atoms with Crippen molar-refractivity contribution >= 4 is 34.0 Å². The molecule has 0 amide bonds. The standard InChI is InChI=1S/C18H21ClN2OS/c1-18(2,3)23(22)21-17(13-8-6-5-7-9-13)15-12-14(19)10-11-16(15)20-4/h5-12,20H,1-4H3/b21-17+/t23-/m1/s1. The van der Waals surface area contributed by atoms with Gasteiger partial charge in [-0.3, -0.25) is 0 Å². The van der Waals surface area contributed by atoms with Crippen molar-refractivity contribution in [1.82, 2.24) is 0 Å². The molecule has 2 aromatic carbocycles. The Hall–Kier alpha value is -1.65. The minimum absolute atomic E-state index is 0.432. The van der Waals surface area contributed by atoms with Crippen LogP contribution in [0.15, 0.2) is 52.9 Å². The molecule has 5 heteroatoms. The van der Waals surface area contributed by atoms with Crippen LogP contribution in [-0.2, 0) is 11.0 Å². The Kier molecular flexibility index (Phi) is 5.60. The molecule has 0 unspecified atom stereocenters. The number of nitrogens with one attached hydrogen (secondary N) is 1. The first-order valence-electron chi connectivity index (χ1n) is 7.36. The average molecular weight is 349 g/mol. The normalized spacial score (nSPS) is 13.7. The molecule has 0 saturated heterocycles. The van der Waals surface area contributed by atoms with E-state index in [9.17, 15) is 4.21 Å². The van der Waals surface area contributed by atoms with Crippen LogP contribution in [0.3, 0.4) is 0 Å². The van der Waals surface area contributed by atoms with Gasteiger partial charge < -0.3 is 5.32 Å². The zero-order chi connectivity index (χ0) is 17.0. The van der Waals surface area contributed by atoms with Crippen LogP contribution in [0.4, 0.5) is 5.69 Å². The molecule has 0 aromatic heterocycles. The van der Waals surface area contributed by atoms with E-state index >= 15 is 0 Å². The van der Waals surface area contributed by atoms with E-state index < -0.39 is 15.7 Å². The molecule has 0 aliphatic heterocycles. The number of nitrogens with zero attached hydrogens (tertiary/aromatic N) is 1. The molecule has 2 aromatic rings. The number of halogens is 1. The molecule has 0 heterocycles. The first-order valence-corrected chi connectivity index (χ1v) is 8.85. The minimum atomic E-state index is -1.37. The molecule has 0 bridgehead atoms. The third-order valence-electron chi connectivity index (χ3n) is 3.25. The van der Waals surface area contributed by atoms with Gasteiger partial charge in [0, 0.05) is 28.9 Å². The lowest BCUT2D eigenvalue weighted by Gasteiger charge is -2.17. The highest BCUT2D eigenvalue weighted by atomic mass is 35.5. The molecule has 23 heavy (non-hydrogen) atoms. The molecule has 2 rings (SSSR count). The Bertz CT molecular complexity index is 736. The second-order valence-electron chi connectivity index (χ2n) is 6.11. The maximum absolute atomic E-state index is 12.6. The van der Waals surface area contributed by atoms with Crippen molar-refractivity contribution in [3.8, 4) is 0 Å². The molecule has 0 radical (unpaired) electrons. The van der Waals surface area contributed by atoms with Crippen LogP contribution in [0.5, 0.6) is 0 Å². The highest BCUT2D eigenvalue weighted by Crippen LogP contribution is 2.25. The predicted octanol–water partition coefficient (Wildman–Crippen LogP) is 4.68. The van der Waals surface area contributed by atoms with Gasteiger partial charge in [-0.25, -0.2) is 4.21 Å². The summed E-state index contributed by atoms with van der Waals surface area (Å²) < 4.78 is 16.7. The maximum atomic E-state index is 12.6. The highest BCUT2D eigenvalue weighted by Gasteiger charge is 2.21. The van der Waals surface area contributed by atoms with E-state index in [2.05, 4.69) is 9.71 Å². The van der Waals surface area contributed by atoms with Crippen molar-refractivity contribution in [3.63, 3.8) is 0 Å². The number of hydrogen-bond donors (Lipinski definition) is 1. The van der Waals surface area contributed by atoms with Crippen LogP contribution < -0.4 is 5.32 Å². The van der Waals surface area contributed by atoms with E-state index in [0.717, 1.165) is 16.8 Å². The largest absolute Gasteiger partial charge is 0.388 e. The molecule has 0 saturated carbocycles. The molecule has 3 nitrogen and oxygen atoms in total. The van der Waals surface area contributed by atoms with Crippen molar-refractivity contribution in [2.75, 3.05) is 12.4 Å². The smallest absolute Gasteiger partial charge is 0.145 e. The maximum Gasteiger partial charge on any atom is 0.145 e. The zero-order valence-electron chi connectivity index (χ0n) is 13.8. The topological polar surface area (TPSA) is 41.5 Å². The molecular weight excluding hydrogens is 328 g/mol. The number of anilines is 1. The van der Waals surface area contributed by atoms with Crippen molar-refractivity contribution in [2.24, 2.45) is 4.40 Å². The van der Waals surface area contributed by atoms with Gasteiger partial charge in [0.05, 0.1) is 10.5 Å². The van der Waals surface area contributed by atoms with Gasteiger partial charge in [-0.1, -0.05) is 41.9 Å². The van der Waals surface area contributed by atoms with Crippen molar-refractivity contribution in [3.05, 3.63) is 64.7 Å². The van der Waals surface area contributed by atoms with Gasteiger partial charge in [-0.15, -0.1) is 0 Å². The summed E-state index contributed by atoms with van der Waals surface area (Å²) in [6, 6.07) is 15.3. The number of hydrogen-bond acceptors (Lipinski definition) is 2. The molecule has 0 fully saturated rings. The van der Waals surface area contributed by atoms with Gasteiger partial charge in [0.25, 0.3) is 0 Å². The Morgan fingerprint density at radius 3 is 2.35 bits per heavy atom. The molecule has 1 atom stereocenters. The molecule has 0 aliphatic rings. The second kappa shape index (κ2) is 7.28. The van der Waals surface area contributed by atoms with E-state index in [0.29, 0.717) is 10.7 Å². The summed E-state index contributed by atoms with van der Waals surface area (Å²) in [5.74, 6) is 0. The predicted molar refractivity (Wildman–Crippen MR) is 101 cm³/mol. The fraction of sp³-hybridized carbons (Fsp3) is 0.278. The lowest BCUT2D eigenvalue weighted by molar-refractivity contribution is 0.650. The van der Waals surface area contributed by atoms with Crippen LogP contribution >= 0.6 is 11.6 Å². The summed E-state index contributed by atoms with van der Waals surface area (Å²) in [7, 11) is 0.475. The molecular formula is C18H21ClN2OS. The summed E-state index contributed by atoms with van der Waals surface area (Å²) in [6.45, 7) is 5.73. The van der Waals surface area contributed by atoms with Crippen molar-refractivity contribution in [2.45, 2.75) is 25.5 Å². The van der Waals surface area contributed by atoms with Crippen molar-refractivity contribution < 1.29 is 4.21 Å². The van der Waals surface area contributed by atoms with Crippen LogP contribution in [0.25, 0.3) is 0 Å². The quantitative estimate of drug-likeness (QED) is 0.815. The lowest BCUT2D eigenvalue weighted by Crippen LogP contribution is -2.21. The third kappa shape index (κ3) is 4.43.